The molecule has 0 aromatic carbocycles. The van der Waals surface area contributed by atoms with E-state index in [2.05, 4.69) is 17.3 Å². The van der Waals surface area contributed by atoms with E-state index in [9.17, 15) is 4.79 Å². The third kappa shape index (κ3) is 4.64. The van der Waals surface area contributed by atoms with Gasteiger partial charge in [0.1, 0.15) is 6.04 Å². The fourth-order valence-corrected chi connectivity index (χ4v) is 2.48. The van der Waals surface area contributed by atoms with Gasteiger partial charge >= 0.3 is 5.97 Å². The Bertz CT molecular complexity index is 227. The highest BCUT2D eigenvalue weighted by Gasteiger charge is 2.22. The van der Waals surface area contributed by atoms with Gasteiger partial charge < -0.3 is 15.0 Å². The molecule has 0 aromatic heterocycles. The van der Waals surface area contributed by atoms with Crippen molar-refractivity contribution in [2.24, 2.45) is 0 Å². The molecule has 1 rings (SSSR count). The van der Waals surface area contributed by atoms with Crippen LogP contribution in [0, 0.1) is 0 Å². The molecule has 0 saturated heterocycles. The first kappa shape index (κ1) is 14.5. The topological polar surface area (TPSA) is 41.6 Å². The maximum absolute atomic E-state index is 11.6. The van der Waals surface area contributed by atoms with Crippen LogP contribution in [-0.4, -0.2) is 50.2 Å². The standard InChI is InChI=1S/C13H26N2O2/c1-4-17-13(16)12(14-2)9-10-15(3)11-7-5-6-8-11/h11-12,14H,4-10H2,1-3H3. The van der Waals surface area contributed by atoms with Crippen molar-refractivity contribution >= 4 is 5.97 Å². The molecule has 0 heterocycles. The summed E-state index contributed by atoms with van der Waals surface area (Å²) in [7, 11) is 3.98. The van der Waals surface area contributed by atoms with E-state index in [0.717, 1.165) is 19.0 Å². The van der Waals surface area contributed by atoms with Crippen molar-refractivity contribution in [1.82, 2.24) is 10.2 Å². The molecule has 1 aliphatic rings. The maximum atomic E-state index is 11.6. The number of carbonyl (C=O) groups excluding carboxylic acids is 1. The molecule has 1 atom stereocenters. The molecule has 1 N–H and O–H groups in total. The number of likely N-dealkylation sites (N-methyl/N-ethyl adjacent to an activating group) is 1. The van der Waals surface area contributed by atoms with E-state index in [0.29, 0.717) is 6.61 Å². The molecule has 4 nitrogen and oxygen atoms in total. The van der Waals surface area contributed by atoms with E-state index in [1.807, 2.05) is 14.0 Å². The van der Waals surface area contributed by atoms with Gasteiger partial charge in [-0.05, 0) is 40.3 Å². The Morgan fingerprint density at radius 1 is 1.47 bits per heavy atom. The summed E-state index contributed by atoms with van der Waals surface area (Å²) in [6, 6.07) is 0.550. The maximum Gasteiger partial charge on any atom is 0.323 e. The average molecular weight is 242 g/mol. The second kappa shape index (κ2) is 7.67. The minimum absolute atomic E-state index is 0.130. The summed E-state index contributed by atoms with van der Waals surface area (Å²) in [5.74, 6) is -0.130. The Kier molecular flexibility index (Phi) is 6.52. The van der Waals surface area contributed by atoms with E-state index < -0.39 is 0 Å². The number of ether oxygens (including phenoxy) is 1. The van der Waals surface area contributed by atoms with Crippen molar-refractivity contribution in [2.75, 3.05) is 27.2 Å². The lowest BCUT2D eigenvalue weighted by atomic mass is 10.1. The van der Waals surface area contributed by atoms with Crippen molar-refractivity contribution in [1.29, 1.82) is 0 Å². The van der Waals surface area contributed by atoms with Crippen LogP contribution in [0.3, 0.4) is 0 Å². The van der Waals surface area contributed by atoms with Gasteiger partial charge in [-0.15, -0.1) is 0 Å². The molecule has 1 aliphatic carbocycles. The number of nitrogens with one attached hydrogen (secondary N) is 1. The van der Waals surface area contributed by atoms with Crippen LogP contribution in [0.1, 0.15) is 39.0 Å². The summed E-state index contributed by atoms with van der Waals surface area (Å²) in [6.45, 7) is 3.25. The molecule has 17 heavy (non-hydrogen) atoms. The fourth-order valence-electron chi connectivity index (χ4n) is 2.48. The fraction of sp³-hybridized carbons (Fsp3) is 0.923. The normalized spacial score (nSPS) is 18.6. The highest BCUT2D eigenvalue weighted by Crippen LogP contribution is 2.22. The Morgan fingerprint density at radius 3 is 2.65 bits per heavy atom. The lowest BCUT2D eigenvalue weighted by Crippen LogP contribution is -2.40. The van der Waals surface area contributed by atoms with E-state index in [4.69, 9.17) is 4.74 Å². The SMILES string of the molecule is CCOC(=O)C(CCN(C)C1CCCC1)NC. The monoisotopic (exact) mass is 242 g/mol. The molecule has 0 aromatic rings. The van der Waals surface area contributed by atoms with Gasteiger partial charge in [0, 0.05) is 12.6 Å². The second-order valence-electron chi connectivity index (χ2n) is 4.80. The Morgan fingerprint density at radius 2 is 2.12 bits per heavy atom. The summed E-state index contributed by atoms with van der Waals surface area (Å²) < 4.78 is 5.03. The van der Waals surface area contributed by atoms with Gasteiger partial charge in [-0.25, -0.2) is 0 Å². The minimum atomic E-state index is -0.168. The van der Waals surface area contributed by atoms with E-state index >= 15 is 0 Å². The van der Waals surface area contributed by atoms with Crippen LogP contribution in [0.2, 0.25) is 0 Å². The van der Waals surface area contributed by atoms with Crippen molar-refractivity contribution in [2.45, 2.75) is 51.1 Å². The predicted octanol–water partition coefficient (Wildman–Crippen LogP) is 1.40. The second-order valence-corrected chi connectivity index (χ2v) is 4.80. The number of rotatable bonds is 7. The number of esters is 1. The molecule has 0 radical (unpaired) electrons. The Hall–Kier alpha value is -0.610. The van der Waals surface area contributed by atoms with Gasteiger partial charge in [-0.1, -0.05) is 12.8 Å². The lowest BCUT2D eigenvalue weighted by molar-refractivity contribution is -0.145. The Balaban J connectivity index is 2.28. The minimum Gasteiger partial charge on any atom is -0.465 e. The van der Waals surface area contributed by atoms with Crippen LogP contribution in [0.5, 0.6) is 0 Å². The van der Waals surface area contributed by atoms with Crippen LogP contribution in [0.25, 0.3) is 0 Å². The molecule has 0 amide bonds. The molecule has 1 saturated carbocycles. The van der Waals surface area contributed by atoms with Crippen LogP contribution >= 0.6 is 0 Å². The molecule has 1 unspecified atom stereocenters. The number of hydrogen-bond donors (Lipinski definition) is 1. The first-order chi connectivity index (χ1) is 8.19. The average Bonchev–Trinajstić information content (AvgIpc) is 2.83. The molecular formula is C13H26N2O2. The van der Waals surface area contributed by atoms with Gasteiger partial charge in [0.05, 0.1) is 6.61 Å². The zero-order chi connectivity index (χ0) is 12.7. The van der Waals surface area contributed by atoms with Gasteiger partial charge in [-0.3, -0.25) is 4.79 Å². The molecule has 0 bridgehead atoms. The lowest BCUT2D eigenvalue weighted by Gasteiger charge is -2.25. The van der Waals surface area contributed by atoms with Crippen molar-refractivity contribution < 1.29 is 9.53 Å². The van der Waals surface area contributed by atoms with E-state index in [1.54, 1.807) is 0 Å². The first-order valence-electron chi connectivity index (χ1n) is 6.73. The van der Waals surface area contributed by atoms with E-state index in [1.165, 1.54) is 25.7 Å². The third-order valence-electron chi connectivity index (χ3n) is 3.64. The van der Waals surface area contributed by atoms with Crippen LogP contribution in [0.4, 0.5) is 0 Å². The number of carbonyl (C=O) groups is 1. The van der Waals surface area contributed by atoms with Crippen LogP contribution in [0.15, 0.2) is 0 Å². The molecular weight excluding hydrogens is 216 g/mol. The van der Waals surface area contributed by atoms with Crippen molar-refractivity contribution in [3.05, 3.63) is 0 Å². The largest absolute Gasteiger partial charge is 0.465 e. The smallest absolute Gasteiger partial charge is 0.323 e. The zero-order valence-corrected chi connectivity index (χ0v) is 11.4. The highest BCUT2D eigenvalue weighted by molar-refractivity contribution is 5.75. The molecule has 100 valence electrons. The van der Waals surface area contributed by atoms with Gasteiger partial charge in [0.2, 0.25) is 0 Å². The van der Waals surface area contributed by atoms with Crippen LogP contribution in [-0.2, 0) is 9.53 Å². The zero-order valence-electron chi connectivity index (χ0n) is 11.4. The first-order valence-corrected chi connectivity index (χ1v) is 6.73. The van der Waals surface area contributed by atoms with Crippen molar-refractivity contribution in [3.63, 3.8) is 0 Å². The summed E-state index contributed by atoms with van der Waals surface area (Å²) >= 11 is 0. The Labute approximate surface area is 105 Å². The van der Waals surface area contributed by atoms with Gasteiger partial charge in [-0.2, -0.15) is 0 Å². The van der Waals surface area contributed by atoms with Gasteiger partial charge in [0.15, 0.2) is 0 Å². The summed E-state index contributed by atoms with van der Waals surface area (Å²) in [5.41, 5.74) is 0. The predicted molar refractivity (Wildman–Crippen MR) is 69.0 cm³/mol. The molecule has 4 heteroatoms. The molecule has 1 fully saturated rings. The molecule has 0 spiro atoms. The number of nitrogens with zero attached hydrogens (tertiary/aromatic N) is 1. The third-order valence-corrected chi connectivity index (χ3v) is 3.64. The summed E-state index contributed by atoms with van der Waals surface area (Å²) in [4.78, 5) is 14.0. The van der Waals surface area contributed by atoms with Gasteiger partial charge in [0.25, 0.3) is 0 Å². The summed E-state index contributed by atoms with van der Waals surface area (Å²) in [5, 5.41) is 3.03. The summed E-state index contributed by atoms with van der Waals surface area (Å²) in [6.07, 6.45) is 6.13. The van der Waals surface area contributed by atoms with E-state index in [-0.39, 0.29) is 12.0 Å². The van der Waals surface area contributed by atoms with Crippen LogP contribution < -0.4 is 5.32 Å². The number of hydrogen-bond acceptors (Lipinski definition) is 4. The quantitative estimate of drug-likeness (QED) is 0.685. The van der Waals surface area contributed by atoms with Crippen molar-refractivity contribution in [3.8, 4) is 0 Å². The highest BCUT2D eigenvalue weighted by atomic mass is 16.5. The molecule has 0 aliphatic heterocycles.